The van der Waals surface area contributed by atoms with Crippen LogP contribution >= 0.6 is 11.6 Å². The van der Waals surface area contributed by atoms with Crippen LogP contribution in [0.1, 0.15) is 38.2 Å². The van der Waals surface area contributed by atoms with Crippen molar-refractivity contribution in [1.29, 1.82) is 0 Å². The van der Waals surface area contributed by atoms with E-state index in [9.17, 15) is 4.79 Å². The number of imidazole rings is 1. The molecular formula is C18H23ClN2O2. The molecule has 0 radical (unpaired) electrons. The third-order valence-electron chi connectivity index (χ3n) is 3.67. The average Bonchev–Trinajstić information content (AvgIpc) is 3.05. The lowest BCUT2D eigenvalue weighted by molar-refractivity contribution is -0.150. The average molecular weight is 335 g/mol. The Labute approximate surface area is 142 Å². The monoisotopic (exact) mass is 334 g/mol. The zero-order chi connectivity index (χ0) is 16.5. The van der Waals surface area contributed by atoms with Gasteiger partial charge in [-0.2, -0.15) is 0 Å². The van der Waals surface area contributed by atoms with E-state index in [-0.39, 0.29) is 12.1 Å². The highest BCUT2D eigenvalue weighted by Crippen LogP contribution is 2.14. The van der Waals surface area contributed by atoms with Gasteiger partial charge in [0.1, 0.15) is 6.10 Å². The van der Waals surface area contributed by atoms with Gasteiger partial charge < -0.3 is 9.30 Å². The summed E-state index contributed by atoms with van der Waals surface area (Å²) in [6, 6.07) is 7.79. The van der Waals surface area contributed by atoms with Gasteiger partial charge in [-0.1, -0.05) is 37.1 Å². The molecule has 0 fully saturated rings. The zero-order valence-corrected chi connectivity index (χ0v) is 14.2. The summed E-state index contributed by atoms with van der Waals surface area (Å²) < 4.78 is 7.60. The third-order valence-corrected chi connectivity index (χ3v) is 3.93. The molecule has 0 aliphatic rings. The van der Waals surface area contributed by atoms with Gasteiger partial charge in [0, 0.05) is 23.8 Å². The maximum atomic E-state index is 11.9. The van der Waals surface area contributed by atoms with Crippen LogP contribution in [0.15, 0.2) is 43.0 Å². The van der Waals surface area contributed by atoms with Gasteiger partial charge in [0.2, 0.25) is 0 Å². The predicted molar refractivity (Wildman–Crippen MR) is 91.4 cm³/mol. The summed E-state index contributed by atoms with van der Waals surface area (Å²) in [7, 11) is 0. The molecule has 0 saturated heterocycles. The lowest BCUT2D eigenvalue weighted by Crippen LogP contribution is -2.24. The summed E-state index contributed by atoms with van der Waals surface area (Å²) in [4.78, 5) is 16.0. The van der Waals surface area contributed by atoms with Crippen molar-refractivity contribution < 1.29 is 9.53 Å². The Bertz CT molecular complexity index is 582. The number of esters is 1. The molecule has 1 heterocycles. The molecule has 0 N–H and O–H groups in total. The van der Waals surface area contributed by atoms with Crippen LogP contribution in [-0.2, 0) is 22.5 Å². The standard InChI is InChI=1S/C18H23ClN2O2/c1-2-3-4-18(22)23-17(13-21-12-11-20-14-21)10-7-15-5-8-16(19)9-6-15/h5-6,8-9,11-12,14,17H,2-4,7,10,13H2,1H3. The van der Waals surface area contributed by atoms with E-state index in [2.05, 4.69) is 11.9 Å². The highest BCUT2D eigenvalue weighted by atomic mass is 35.5. The van der Waals surface area contributed by atoms with E-state index in [0.717, 1.165) is 30.7 Å². The number of aromatic nitrogens is 2. The van der Waals surface area contributed by atoms with Crippen molar-refractivity contribution in [1.82, 2.24) is 9.55 Å². The number of hydrogen-bond donors (Lipinski definition) is 0. The second-order valence-electron chi connectivity index (χ2n) is 5.64. The molecule has 124 valence electrons. The number of nitrogens with zero attached hydrogens (tertiary/aromatic N) is 2. The molecule has 0 saturated carbocycles. The Morgan fingerprint density at radius 2 is 2.13 bits per heavy atom. The number of rotatable bonds is 9. The fourth-order valence-electron chi connectivity index (χ4n) is 2.36. The van der Waals surface area contributed by atoms with Gasteiger partial charge in [0.15, 0.2) is 0 Å². The fourth-order valence-corrected chi connectivity index (χ4v) is 2.49. The lowest BCUT2D eigenvalue weighted by atomic mass is 10.1. The molecule has 23 heavy (non-hydrogen) atoms. The first-order chi connectivity index (χ1) is 11.2. The first-order valence-electron chi connectivity index (χ1n) is 8.07. The van der Waals surface area contributed by atoms with E-state index in [1.165, 1.54) is 5.56 Å². The molecule has 2 rings (SSSR count). The van der Waals surface area contributed by atoms with Crippen molar-refractivity contribution in [3.05, 3.63) is 53.6 Å². The molecule has 1 aromatic carbocycles. The molecule has 4 nitrogen and oxygen atoms in total. The number of halogens is 1. The van der Waals surface area contributed by atoms with Crippen molar-refractivity contribution >= 4 is 17.6 Å². The molecule has 0 aliphatic carbocycles. The molecule has 1 atom stereocenters. The molecule has 2 aromatic rings. The molecule has 0 bridgehead atoms. The van der Waals surface area contributed by atoms with E-state index < -0.39 is 0 Å². The van der Waals surface area contributed by atoms with Crippen molar-refractivity contribution in [2.24, 2.45) is 0 Å². The van der Waals surface area contributed by atoms with E-state index >= 15 is 0 Å². The topological polar surface area (TPSA) is 44.1 Å². The van der Waals surface area contributed by atoms with Crippen LogP contribution in [0, 0.1) is 0 Å². The maximum absolute atomic E-state index is 11.9. The first-order valence-corrected chi connectivity index (χ1v) is 8.45. The molecule has 0 aliphatic heterocycles. The normalized spacial score (nSPS) is 12.1. The highest BCUT2D eigenvalue weighted by molar-refractivity contribution is 6.30. The largest absolute Gasteiger partial charge is 0.460 e. The molecule has 5 heteroatoms. The summed E-state index contributed by atoms with van der Waals surface area (Å²) in [6.07, 6.45) is 9.18. The Kier molecular flexibility index (Phi) is 7.14. The maximum Gasteiger partial charge on any atom is 0.306 e. The predicted octanol–water partition coefficient (Wildman–Crippen LogP) is 4.27. The van der Waals surface area contributed by atoms with Gasteiger partial charge in [-0.3, -0.25) is 4.79 Å². The minimum atomic E-state index is -0.149. The van der Waals surface area contributed by atoms with Gasteiger partial charge in [0.05, 0.1) is 12.9 Å². The van der Waals surface area contributed by atoms with E-state index in [4.69, 9.17) is 16.3 Å². The SMILES string of the molecule is CCCCC(=O)OC(CCc1ccc(Cl)cc1)Cn1ccnc1. The summed E-state index contributed by atoms with van der Waals surface area (Å²) in [5.74, 6) is -0.118. The van der Waals surface area contributed by atoms with Gasteiger partial charge in [-0.15, -0.1) is 0 Å². The highest BCUT2D eigenvalue weighted by Gasteiger charge is 2.15. The van der Waals surface area contributed by atoms with Crippen molar-refractivity contribution in [2.45, 2.75) is 51.7 Å². The van der Waals surface area contributed by atoms with Gasteiger partial charge in [-0.05, 0) is 37.0 Å². The van der Waals surface area contributed by atoms with Gasteiger partial charge in [0.25, 0.3) is 0 Å². The van der Waals surface area contributed by atoms with Crippen LogP contribution in [0.3, 0.4) is 0 Å². The van der Waals surface area contributed by atoms with Crippen LogP contribution < -0.4 is 0 Å². The lowest BCUT2D eigenvalue weighted by Gasteiger charge is -2.18. The molecule has 0 spiro atoms. The van der Waals surface area contributed by atoms with Crippen LogP contribution in [0.4, 0.5) is 0 Å². The number of aryl methyl sites for hydroxylation is 1. The number of unbranched alkanes of at least 4 members (excludes halogenated alkanes) is 1. The van der Waals surface area contributed by atoms with Gasteiger partial charge in [-0.25, -0.2) is 4.98 Å². The second-order valence-corrected chi connectivity index (χ2v) is 6.08. The van der Waals surface area contributed by atoms with Crippen molar-refractivity contribution in [2.75, 3.05) is 0 Å². The van der Waals surface area contributed by atoms with E-state index in [1.54, 1.807) is 12.5 Å². The Balaban J connectivity index is 1.91. The van der Waals surface area contributed by atoms with Crippen molar-refractivity contribution in [3.63, 3.8) is 0 Å². The quantitative estimate of drug-likeness (QED) is 0.643. The number of carbonyl (C=O) groups excluding carboxylic acids is 1. The Morgan fingerprint density at radius 1 is 1.35 bits per heavy atom. The minimum Gasteiger partial charge on any atom is -0.460 e. The van der Waals surface area contributed by atoms with Gasteiger partial charge >= 0.3 is 5.97 Å². The van der Waals surface area contributed by atoms with E-state index in [0.29, 0.717) is 13.0 Å². The van der Waals surface area contributed by atoms with E-state index in [1.807, 2.05) is 35.0 Å². The number of benzene rings is 1. The number of carbonyl (C=O) groups is 1. The minimum absolute atomic E-state index is 0.118. The summed E-state index contributed by atoms with van der Waals surface area (Å²) in [6.45, 7) is 2.70. The fraction of sp³-hybridized carbons (Fsp3) is 0.444. The number of ether oxygens (including phenoxy) is 1. The zero-order valence-electron chi connectivity index (χ0n) is 13.5. The van der Waals surface area contributed by atoms with Crippen LogP contribution in [-0.4, -0.2) is 21.6 Å². The smallest absolute Gasteiger partial charge is 0.306 e. The summed E-state index contributed by atoms with van der Waals surface area (Å²) in [5, 5.41) is 0.731. The molecule has 0 amide bonds. The third kappa shape index (κ3) is 6.45. The second kappa shape index (κ2) is 9.36. The molecular weight excluding hydrogens is 312 g/mol. The number of hydrogen-bond acceptors (Lipinski definition) is 3. The Morgan fingerprint density at radius 3 is 2.78 bits per heavy atom. The summed E-state index contributed by atoms with van der Waals surface area (Å²) >= 11 is 5.91. The van der Waals surface area contributed by atoms with Crippen LogP contribution in [0.5, 0.6) is 0 Å². The Hall–Kier alpha value is -1.81. The molecule has 1 unspecified atom stereocenters. The van der Waals surface area contributed by atoms with Crippen molar-refractivity contribution in [3.8, 4) is 0 Å². The first kappa shape index (κ1) is 17.5. The van der Waals surface area contributed by atoms with Crippen LogP contribution in [0.25, 0.3) is 0 Å². The molecule has 1 aromatic heterocycles. The summed E-state index contributed by atoms with van der Waals surface area (Å²) in [5.41, 5.74) is 1.19. The van der Waals surface area contributed by atoms with Crippen LogP contribution in [0.2, 0.25) is 5.02 Å².